The summed E-state index contributed by atoms with van der Waals surface area (Å²) in [6.45, 7) is 0.887. The molecule has 2 aromatic carbocycles. The zero-order valence-corrected chi connectivity index (χ0v) is 15.4. The number of piperidine rings is 1. The number of primary amides is 1. The molecule has 0 aliphatic carbocycles. The summed E-state index contributed by atoms with van der Waals surface area (Å²) in [7, 11) is 0. The van der Waals surface area contributed by atoms with Gasteiger partial charge in [0.2, 0.25) is 11.7 Å². The monoisotopic (exact) mass is 375 g/mol. The molecule has 7 nitrogen and oxygen atoms in total. The van der Waals surface area contributed by atoms with E-state index in [0.717, 1.165) is 17.7 Å². The van der Waals surface area contributed by atoms with Gasteiger partial charge >= 0.3 is 0 Å². The Bertz CT molecular complexity index is 928. The Hall–Kier alpha value is -3.48. The molecule has 2 amide bonds. The SMILES string of the molecule is NC(=O)C1CCCN(C(=O)c2nc(-c3ccccc3)n(-c3ccccc3)n2)C1. The fourth-order valence-electron chi connectivity index (χ4n) is 3.46. The van der Waals surface area contributed by atoms with Crippen molar-refractivity contribution in [1.29, 1.82) is 0 Å². The second kappa shape index (κ2) is 7.64. The van der Waals surface area contributed by atoms with Gasteiger partial charge in [0, 0.05) is 18.7 Å². The second-order valence-electron chi connectivity index (χ2n) is 6.87. The minimum atomic E-state index is -0.370. The molecular weight excluding hydrogens is 354 g/mol. The van der Waals surface area contributed by atoms with Gasteiger partial charge in [-0.1, -0.05) is 48.5 Å². The average molecular weight is 375 g/mol. The Morgan fingerprint density at radius 1 is 1.00 bits per heavy atom. The molecule has 1 aliphatic heterocycles. The third-order valence-corrected chi connectivity index (χ3v) is 4.94. The standard InChI is InChI=1S/C21H21N5O2/c22-18(27)16-10-7-13-25(14-16)21(28)19-23-20(15-8-3-1-4-9-15)26(24-19)17-11-5-2-6-12-17/h1-6,8-9,11-12,16H,7,10,13-14H2,(H2,22,27). The van der Waals surface area contributed by atoms with Gasteiger partial charge in [0.15, 0.2) is 5.82 Å². The largest absolute Gasteiger partial charge is 0.369 e. The van der Waals surface area contributed by atoms with Crippen LogP contribution in [0.1, 0.15) is 23.5 Å². The first kappa shape index (κ1) is 17.9. The molecule has 1 saturated heterocycles. The van der Waals surface area contributed by atoms with Crippen LogP contribution >= 0.6 is 0 Å². The van der Waals surface area contributed by atoms with Crippen LogP contribution in [0.15, 0.2) is 60.7 Å². The maximum absolute atomic E-state index is 13.0. The van der Waals surface area contributed by atoms with E-state index in [4.69, 9.17) is 5.73 Å². The molecule has 3 aromatic rings. The second-order valence-corrected chi connectivity index (χ2v) is 6.87. The summed E-state index contributed by atoms with van der Waals surface area (Å²) in [6.07, 6.45) is 1.45. The van der Waals surface area contributed by atoms with Crippen molar-refractivity contribution in [2.45, 2.75) is 12.8 Å². The first-order valence-corrected chi connectivity index (χ1v) is 9.30. The quantitative estimate of drug-likeness (QED) is 0.757. The van der Waals surface area contributed by atoms with Crippen LogP contribution in [0.5, 0.6) is 0 Å². The minimum Gasteiger partial charge on any atom is -0.369 e. The molecule has 0 bridgehead atoms. The Kier molecular flexibility index (Phi) is 4.89. The summed E-state index contributed by atoms with van der Waals surface area (Å²) in [4.78, 5) is 30.7. The number of hydrogen-bond donors (Lipinski definition) is 1. The predicted octanol–water partition coefficient (Wildman–Crippen LogP) is 2.27. The first-order chi connectivity index (χ1) is 13.6. The molecule has 2 heterocycles. The molecular formula is C21H21N5O2. The third kappa shape index (κ3) is 3.51. The lowest BCUT2D eigenvalue weighted by molar-refractivity contribution is -0.123. The Labute approximate surface area is 162 Å². The van der Waals surface area contributed by atoms with Crippen molar-refractivity contribution >= 4 is 11.8 Å². The predicted molar refractivity (Wildman–Crippen MR) is 105 cm³/mol. The maximum atomic E-state index is 13.0. The number of benzene rings is 2. The van der Waals surface area contributed by atoms with Crippen molar-refractivity contribution < 1.29 is 9.59 Å². The van der Waals surface area contributed by atoms with Crippen LogP contribution < -0.4 is 5.73 Å². The van der Waals surface area contributed by atoms with E-state index >= 15 is 0 Å². The molecule has 4 rings (SSSR count). The van der Waals surface area contributed by atoms with Crippen molar-refractivity contribution in [3.63, 3.8) is 0 Å². The molecule has 1 atom stereocenters. The summed E-state index contributed by atoms with van der Waals surface area (Å²) in [6, 6.07) is 19.2. The van der Waals surface area contributed by atoms with Gasteiger partial charge in [0.05, 0.1) is 11.6 Å². The van der Waals surface area contributed by atoms with E-state index in [1.54, 1.807) is 9.58 Å². The molecule has 1 aliphatic rings. The number of hydrogen-bond acceptors (Lipinski definition) is 4. The normalized spacial score (nSPS) is 16.7. The highest BCUT2D eigenvalue weighted by Gasteiger charge is 2.30. The lowest BCUT2D eigenvalue weighted by Gasteiger charge is -2.30. The molecule has 0 spiro atoms. The van der Waals surface area contributed by atoms with Crippen molar-refractivity contribution in [1.82, 2.24) is 19.7 Å². The highest BCUT2D eigenvalue weighted by molar-refractivity contribution is 5.91. The fraction of sp³-hybridized carbons (Fsp3) is 0.238. The molecule has 1 aromatic heterocycles. The van der Waals surface area contributed by atoms with Gasteiger partial charge in [-0.15, -0.1) is 5.10 Å². The lowest BCUT2D eigenvalue weighted by Crippen LogP contribution is -2.44. The highest BCUT2D eigenvalue weighted by atomic mass is 16.2. The molecule has 7 heteroatoms. The van der Waals surface area contributed by atoms with E-state index in [1.807, 2.05) is 60.7 Å². The van der Waals surface area contributed by atoms with Crippen molar-refractivity contribution in [2.24, 2.45) is 11.7 Å². The zero-order valence-electron chi connectivity index (χ0n) is 15.4. The summed E-state index contributed by atoms with van der Waals surface area (Å²) < 4.78 is 1.68. The number of carbonyl (C=O) groups excluding carboxylic acids is 2. The fourth-order valence-corrected chi connectivity index (χ4v) is 3.46. The summed E-state index contributed by atoms with van der Waals surface area (Å²) in [5.41, 5.74) is 7.12. The summed E-state index contributed by atoms with van der Waals surface area (Å²) in [5.74, 6) is -0.253. The van der Waals surface area contributed by atoms with E-state index in [0.29, 0.717) is 25.3 Å². The molecule has 142 valence electrons. The molecule has 1 fully saturated rings. The highest BCUT2D eigenvalue weighted by Crippen LogP contribution is 2.23. The lowest BCUT2D eigenvalue weighted by atomic mass is 9.97. The third-order valence-electron chi connectivity index (χ3n) is 4.94. The molecule has 28 heavy (non-hydrogen) atoms. The zero-order chi connectivity index (χ0) is 19.5. The van der Waals surface area contributed by atoms with E-state index in [9.17, 15) is 9.59 Å². The van der Waals surface area contributed by atoms with Gasteiger partial charge in [-0.3, -0.25) is 9.59 Å². The number of likely N-dealkylation sites (tertiary alicyclic amines) is 1. The van der Waals surface area contributed by atoms with Crippen molar-refractivity contribution in [3.05, 3.63) is 66.5 Å². The number of carbonyl (C=O) groups is 2. The topological polar surface area (TPSA) is 94.1 Å². The van der Waals surface area contributed by atoms with E-state index in [2.05, 4.69) is 10.1 Å². The van der Waals surface area contributed by atoms with Crippen LogP contribution in [0, 0.1) is 5.92 Å². The molecule has 0 saturated carbocycles. The Morgan fingerprint density at radius 3 is 2.36 bits per heavy atom. The number of aromatic nitrogens is 3. The van der Waals surface area contributed by atoms with E-state index in [1.165, 1.54) is 0 Å². The average Bonchev–Trinajstić information content (AvgIpc) is 3.20. The van der Waals surface area contributed by atoms with Gasteiger partial charge in [0.25, 0.3) is 5.91 Å². The van der Waals surface area contributed by atoms with Gasteiger partial charge in [-0.05, 0) is 25.0 Å². The number of para-hydroxylation sites is 1. The Balaban J connectivity index is 1.71. The summed E-state index contributed by atoms with van der Waals surface area (Å²) in [5, 5.41) is 4.50. The molecule has 2 N–H and O–H groups in total. The number of nitrogens with zero attached hydrogens (tertiary/aromatic N) is 4. The van der Waals surface area contributed by atoms with Crippen molar-refractivity contribution in [2.75, 3.05) is 13.1 Å². The molecule has 0 radical (unpaired) electrons. The van der Waals surface area contributed by atoms with E-state index < -0.39 is 0 Å². The van der Waals surface area contributed by atoms with E-state index in [-0.39, 0.29) is 23.6 Å². The number of rotatable bonds is 4. The van der Waals surface area contributed by atoms with Crippen LogP contribution in [0.25, 0.3) is 17.1 Å². The van der Waals surface area contributed by atoms with Crippen LogP contribution in [-0.2, 0) is 4.79 Å². The Morgan fingerprint density at radius 2 is 1.68 bits per heavy atom. The number of nitrogens with two attached hydrogens (primary N) is 1. The minimum absolute atomic E-state index is 0.118. The van der Waals surface area contributed by atoms with Crippen LogP contribution in [0.2, 0.25) is 0 Å². The smallest absolute Gasteiger partial charge is 0.293 e. The van der Waals surface area contributed by atoms with Crippen molar-refractivity contribution in [3.8, 4) is 17.1 Å². The van der Waals surface area contributed by atoms with Crippen LogP contribution in [0.3, 0.4) is 0 Å². The number of amides is 2. The van der Waals surface area contributed by atoms with Gasteiger partial charge in [-0.2, -0.15) is 0 Å². The maximum Gasteiger partial charge on any atom is 0.293 e. The van der Waals surface area contributed by atoms with Gasteiger partial charge in [0.1, 0.15) is 0 Å². The van der Waals surface area contributed by atoms with Gasteiger partial charge < -0.3 is 10.6 Å². The van der Waals surface area contributed by atoms with Crippen LogP contribution in [0.4, 0.5) is 0 Å². The van der Waals surface area contributed by atoms with Crippen LogP contribution in [-0.4, -0.2) is 44.6 Å². The molecule has 1 unspecified atom stereocenters. The summed E-state index contributed by atoms with van der Waals surface area (Å²) >= 11 is 0. The first-order valence-electron chi connectivity index (χ1n) is 9.30. The van der Waals surface area contributed by atoms with Gasteiger partial charge in [-0.25, -0.2) is 9.67 Å².